The van der Waals surface area contributed by atoms with Crippen LogP contribution in [0, 0.1) is 6.92 Å². The summed E-state index contributed by atoms with van der Waals surface area (Å²) in [6.07, 6.45) is 2.21. The van der Waals surface area contributed by atoms with Crippen molar-refractivity contribution in [3.63, 3.8) is 0 Å². The molecule has 8 heteroatoms. The number of carbonyl (C=O) groups is 1. The van der Waals surface area contributed by atoms with Gasteiger partial charge in [0.25, 0.3) is 5.91 Å². The number of amides is 1. The van der Waals surface area contributed by atoms with Gasteiger partial charge in [-0.15, -0.1) is 11.3 Å². The lowest BCUT2D eigenvalue weighted by atomic mass is 10.2. The summed E-state index contributed by atoms with van der Waals surface area (Å²) in [5, 5.41) is 3.99. The van der Waals surface area contributed by atoms with E-state index in [0.717, 1.165) is 28.2 Å². The predicted octanol–water partition coefficient (Wildman–Crippen LogP) is 3.24. The third-order valence-corrected chi connectivity index (χ3v) is 4.98. The van der Waals surface area contributed by atoms with E-state index < -0.39 is 0 Å². The van der Waals surface area contributed by atoms with Gasteiger partial charge in [0.05, 0.1) is 15.2 Å². The van der Waals surface area contributed by atoms with E-state index in [1.807, 2.05) is 51.0 Å². The zero-order valence-corrected chi connectivity index (χ0v) is 16.8. The largest absolute Gasteiger partial charge is 0.484 e. The molecule has 0 bridgehead atoms. The molecule has 3 rings (SSSR count). The van der Waals surface area contributed by atoms with Crippen molar-refractivity contribution in [3.8, 4) is 5.75 Å². The van der Waals surface area contributed by atoms with Crippen LogP contribution in [0.25, 0.3) is 10.2 Å². The first-order chi connectivity index (χ1) is 12.9. The Bertz CT molecular complexity index is 919. The molecule has 1 amide bonds. The molecule has 7 nitrogen and oxygen atoms in total. The Kier molecular flexibility index (Phi) is 6.08. The monoisotopic (exact) mass is 388 g/mol. The van der Waals surface area contributed by atoms with Crippen molar-refractivity contribution in [1.29, 1.82) is 0 Å². The molecule has 0 unspecified atom stereocenters. The molecule has 1 N–H and O–H groups in total. The fourth-order valence-corrected chi connectivity index (χ4v) is 3.52. The number of carbonyl (C=O) groups excluding carboxylic acids is 1. The highest BCUT2D eigenvalue weighted by atomic mass is 32.1. The molecule has 1 atom stereocenters. The fourth-order valence-electron chi connectivity index (χ4n) is 2.72. The summed E-state index contributed by atoms with van der Waals surface area (Å²) < 4.78 is 12.2. The van der Waals surface area contributed by atoms with Crippen LogP contribution >= 0.6 is 11.3 Å². The standard InChI is InChI=1S/C19H24N4O3S/c1-5-13(9-23(3)4)21-19(24)16-10-26-18(22-16)11-25-14-6-7-17-15(8-14)20-12(2)27-17/h6-8,10,13H,5,9,11H2,1-4H3,(H,21,24)/t13-/m0/s1. The molecule has 0 aliphatic carbocycles. The first-order valence-corrected chi connectivity index (χ1v) is 9.66. The Labute approximate surface area is 162 Å². The second-order valence-corrected chi connectivity index (χ2v) is 7.85. The zero-order chi connectivity index (χ0) is 19.4. The highest BCUT2D eigenvalue weighted by molar-refractivity contribution is 7.18. The molecular weight excluding hydrogens is 364 g/mol. The minimum atomic E-state index is -0.238. The van der Waals surface area contributed by atoms with Crippen LogP contribution in [0.5, 0.6) is 5.75 Å². The molecule has 0 spiro atoms. The van der Waals surface area contributed by atoms with Gasteiger partial charge in [0.1, 0.15) is 12.0 Å². The Balaban J connectivity index is 1.58. The van der Waals surface area contributed by atoms with Gasteiger partial charge >= 0.3 is 0 Å². The van der Waals surface area contributed by atoms with Crippen LogP contribution in [0.3, 0.4) is 0 Å². The van der Waals surface area contributed by atoms with E-state index in [4.69, 9.17) is 9.15 Å². The number of nitrogens with zero attached hydrogens (tertiary/aromatic N) is 3. The van der Waals surface area contributed by atoms with E-state index in [2.05, 4.69) is 15.3 Å². The van der Waals surface area contributed by atoms with Crippen molar-refractivity contribution in [1.82, 2.24) is 20.2 Å². The van der Waals surface area contributed by atoms with E-state index in [-0.39, 0.29) is 24.2 Å². The number of hydrogen-bond donors (Lipinski definition) is 1. The van der Waals surface area contributed by atoms with E-state index in [9.17, 15) is 4.79 Å². The number of benzene rings is 1. The maximum Gasteiger partial charge on any atom is 0.273 e. The maximum absolute atomic E-state index is 12.3. The highest BCUT2D eigenvalue weighted by Crippen LogP contribution is 2.25. The van der Waals surface area contributed by atoms with Gasteiger partial charge in [-0.1, -0.05) is 6.92 Å². The van der Waals surface area contributed by atoms with E-state index >= 15 is 0 Å². The Hall–Kier alpha value is -2.45. The quantitative estimate of drug-likeness (QED) is 0.638. The lowest BCUT2D eigenvalue weighted by Crippen LogP contribution is -2.41. The summed E-state index contributed by atoms with van der Waals surface area (Å²) in [7, 11) is 3.95. The lowest BCUT2D eigenvalue weighted by Gasteiger charge is -2.20. The molecule has 0 aliphatic heterocycles. The molecule has 1 aromatic carbocycles. The normalized spacial score (nSPS) is 12.5. The fraction of sp³-hybridized carbons (Fsp3) is 0.421. The highest BCUT2D eigenvalue weighted by Gasteiger charge is 2.17. The second-order valence-electron chi connectivity index (χ2n) is 6.62. The average Bonchev–Trinajstić information content (AvgIpc) is 3.23. The van der Waals surface area contributed by atoms with E-state index in [1.54, 1.807) is 11.3 Å². The number of rotatable bonds is 8. The predicted molar refractivity (Wildman–Crippen MR) is 105 cm³/mol. The third kappa shape index (κ3) is 5.05. The van der Waals surface area contributed by atoms with Crippen LogP contribution in [-0.4, -0.2) is 47.5 Å². The molecule has 0 saturated heterocycles. The molecule has 0 fully saturated rings. The van der Waals surface area contributed by atoms with Gasteiger partial charge in [-0.05, 0) is 39.6 Å². The number of oxazole rings is 1. The van der Waals surface area contributed by atoms with Gasteiger partial charge < -0.3 is 19.4 Å². The van der Waals surface area contributed by atoms with Crippen molar-refractivity contribution < 1.29 is 13.9 Å². The molecule has 27 heavy (non-hydrogen) atoms. The molecule has 3 aromatic rings. The van der Waals surface area contributed by atoms with Gasteiger partial charge in [-0.25, -0.2) is 9.97 Å². The average molecular weight is 388 g/mol. The Morgan fingerprint density at radius 2 is 2.19 bits per heavy atom. The minimum Gasteiger partial charge on any atom is -0.484 e. The van der Waals surface area contributed by atoms with Crippen LogP contribution in [-0.2, 0) is 6.61 Å². The number of fused-ring (bicyclic) bond motifs is 1. The first-order valence-electron chi connectivity index (χ1n) is 8.84. The molecule has 144 valence electrons. The lowest BCUT2D eigenvalue weighted by molar-refractivity contribution is 0.0924. The van der Waals surface area contributed by atoms with Gasteiger partial charge in [0.15, 0.2) is 12.3 Å². The summed E-state index contributed by atoms with van der Waals surface area (Å²) >= 11 is 1.65. The van der Waals surface area contributed by atoms with Gasteiger partial charge in [0.2, 0.25) is 5.89 Å². The number of hydrogen-bond acceptors (Lipinski definition) is 7. The molecule has 0 saturated carbocycles. The minimum absolute atomic E-state index is 0.0668. The first kappa shape index (κ1) is 19.3. The van der Waals surface area contributed by atoms with Crippen molar-refractivity contribution in [2.45, 2.75) is 32.9 Å². The number of ether oxygens (including phenoxy) is 1. The summed E-state index contributed by atoms with van der Waals surface area (Å²) in [4.78, 5) is 23.1. The molecule has 0 radical (unpaired) electrons. The summed E-state index contributed by atoms with van der Waals surface area (Å²) in [5.74, 6) is 0.808. The zero-order valence-electron chi connectivity index (χ0n) is 16.0. The smallest absolute Gasteiger partial charge is 0.273 e. The number of aromatic nitrogens is 2. The second kappa shape index (κ2) is 8.49. The van der Waals surface area contributed by atoms with Crippen LogP contribution < -0.4 is 10.1 Å². The van der Waals surface area contributed by atoms with Gasteiger partial charge in [0, 0.05) is 18.7 Å². The number of aryl methyl sites for hydroxylation is 1. The van der Waals surface area contributed by atoms with Crippen LogP contribution in [0.4, 0.5) is 0 Å². The molecule has 0 aliphatic rings. The Morgan fingerprint density at radius 1 is 1.37 bits per heavy atom. The van der Waals surface area contributed by atoms with Crippen LogP contribution in [0.2, 0.25) is 0 Å². The van der Waals surface area contributed by atoms with Crippen molar-refractivity contribution >= 4 is 27.5 Å². The molecular formula is C19H24N4O3S. The Morgan fingerprint density at radius 3 is 2.93 bits per heavy atom. The topological polar surface area (TPSA) is 80.5 Å². The summed E-state index contributed by atoms with van der Waals surface area (Å²) in [6.45, 7) is 4.94. The third-order valence-electron chi connectivity index (χ3n) is 4.03. The van der Waals surface area contributed by atoms with Crippen LogP contribution in [0.15, 0.2) is 28.9 Å². The van der Waals surface area contributed by atoms with Crippen LogP contribution in [0.1, 0.15) is 34.7 Å². The van der Waals surface area contributed by atoms with E-state index in [1.165, 1.54) is 6.26 Å². The SMILES string of the molecule is CC[C@@H](CN(C)C)NC(=O)c1coc(COc2ccc3sc(C)nc3c2)n1. The molecule has 2 heterocycles. The van der Waals surface area contributed by atoms with Gasteiger partial charge in [-0.3, -0.25) is 4.79 Å². The van der Waals surface area contributed by atoms with E-state index in [0.29, 0.717) is 11.6 Å². The summed E-state index contributed by atoms with van der Waals surface area (Å²) in [6, 6.07) is 5.84. The van der Waals surface area contributed by atoms with Crippen molar-refractivity contribution in [2.24, 2.45) is 0 Å². The summed E-state index contributed by atoms with van der Waals surface area (Å²) in [5.41, 5.74) is 1.17. The number of nitrogens with one attached hydrogen (secondary N) is 1. The van der Waals surface area contributed by atoms with Gasteiger partial charge in [-0.2, -0.15) is 0 Å². The van der Waals surface area contributed by atoms with Crippen molar-refractivity contribution in [2.75, 3.05) is 20.6 Å². The number of thiazole rings is 1. The maximum atomic E-state index is 12.3. The number of likely N-dealkylation sites (N-methyl/N-ethyl adjacent to an activating group) is 1. The van der Waals surface area contributed by atoms with Crippen molar-refractivity contribution in [3.05, 3.63) is 41.1 Å². The molecule has 2 aromatic heterocycles.